The number of nitrogens with zero attached hydrogens (tertiary/aromatic N) is 3. The first-order chi connectivity index (χ1) is 28.3. The standard InChI is InChI=1S/C53H35N3O/c1-4-15-36(16-5-1)39-19-14-22-42(33-39)55(43-31-32-46-45-24-12-13-26-50(45)56(51(46)34-43)40-20-8-3-9-21-40)41-29-27-37(28-30-41)48-35-49-52(47-25-11-10-23-44(47)48)57-53(54-49)38-17-6-2-7-18-38/h1-35H. The molecular formula is C53H35N3O. The molecule has 11 aromatic rings. The molecule has 0 N–H and O–H groups in total. The van der Waals surface area contributed by atoms with Crippen molar-refractivity contribution in [2.24, 2.45) is 0 Å². The highest BCUT2D eigenvalue weighted by Gasteiger charge is 2.20. The summed E-state index contributed by atoms with van der Waals surface area (Å²) in [6, 6.07) is 75.3. The predicted molar refractivity (Wildman–Crippen MR) is 237 cm³/mol. The van der Waals surface area contributed by atoms with Crippen molar-refractivity contribution in [3.63, 3.8) is 0 Å². The molecule has 0 atom stereocenters. The maximum atomic E-state index is 6.42. The summed E-state index contributed by atoms with van der Waals surface area (Å²) in [4.78, 5) is 7.34. The Hall–Kier alpha value is -7.69. The summed E-state index contributed by atoms with van der Waals surface area (Å²) in [7, 11) is 0. The van der Waals surface area contributed by atoms with Crippen LogP contribution < -0.4 is 4.90 Å². The molecule has 0 radical (unpaired) electrons. The largest absolute Gasteiger partial charge is 0.435 e. The molecule has 11 rings (SSSR count). The maximum absolute atomic E-state index is 6.42. The van der Waals surface area contributed by atoms with E-state index in [0.717, 1.165) is 72.4 Å². The number of hydrogen-bond acceptors (Lipinski definition) is 3. The van der Waals surface area contributed by atoms with Gasteiger partial charge in [-0.25, -0.2) is 4.98 Å². The van der Waals surface area contributed by atoms with Crippen LogP contribution >= 0.6 is 0 Å². The number of oxazole rings is 1. The fourth-order valence-corrected chi connectivity index (χ4v) is 8.34. The molecule has 0 aliphatic heterocycles. The molecule has 0 unspecified atom stereocenters. The Morgan fingerprint density at radius 3 is 1.75 bits per heavy atom. The minimum absolute atomic E-state index is 0.625. The lowest BCUT2D eigenvalue weighted by atomic mass is 9.97. The zero-order valence-electron chi connectivity index (χ0n) is 31.0. The number of aromatic nitrogens is 2. The molecule has 268 valence electrons. The minimum Gasteiger partial charge on any atom is -0.435 e. The van der Waals surface area contributed by atoms with Gasteiger partial charge in [0.05, 0.1) is 11.0 Å². The minimum atomic E-state index is 0.625. The number of para-hydroxylation sites is 2. The molecule has 0 bridgehead atoms. The molecule has 2 aromatic heterocycles. The van der Waals surface area contributed by atoms with E-state index in [1.807, 2.05) is 30.3 Å². The highest BCUT2D eigenvalue weighted by atomic mass is 16.3. The molecule has 9 aromatic carbocycles. The number of anilines is 3. The van der Waals surface area contributed by atoms with Crippen molar-refractivity contribution in [2.45, 2.75) is 0 Å². The van der Waals surface area contributed by atoms with E-state index in [2.05, 4.69) is 191 Å². The van der Waals surface area contributed by atoms with Crippen molar-refractivity contribution in [3.8, 4) is 39.4 Å². The molecule has 4 heteroatoms. The molecule has 0 aliphatic rings. The number of fused-ring (bicyclic) bond motifs is 6. The van der Waals surface area contributed by atoms with Gasteiger partial charge < -0.3 is 13.9 Å². The molecule has 4 nitrogen and oxygen atoms in total. The first kappa shape index (κ1) is 32.7. The van der Waals surface area contributed by atoms with Crippen LogP contribution in [0.3, 0.4) is 0 Å². The summed E-state index contributed by atoms with van der Waals surface area (Å²) in [5.41, 5.74) is 13.9. The molecule has 57 heavy (non-hydrogen) atoms. The molecule has 0 saturated heterocycles. The van der Waals surface area contributed by atoms with Gasteiger partial charge in [-0.2, -0.15) is 0 Å². The molecular weight excluding hydrogens is 695 g/mol. The molecule has 0 aliphatic carbocycles. The average Bonchev–Trinajstić information content (AvgIpc) is 3.87. The van der Waals surface area contributed by atoms with E-state index in [4.69, 9.17) is 9.40 Å². The summed E-state index contributed by atoms with van der Waals surface area (Å²) in [5.74, 6) is 0.625. The fourth-order valence-electron chi connectivity index (χ4n) is 8.34. The van der Waals surface area contributed by atoms with Crippen LogP contribution in [0.4, 0.5) is 17.1 Å². The quantitative estimate of drug-likeness (QED) is 0.164. The Balaban J connectivity index is 1.08. The van der Waals surface area contributed by atoms with Gasteiger partial charge in [0.15, 0.2) is 5.58 Å². The van der Waals surface area contributed by atoms with Gasteiger partial charge in [-0.15, -0.1) is 0 Å². The van der Waals surface area contributed by atoms with E-state index in [-0.39, 0.29) is 0 Å². The highest BCUT2D eigenvalue weighted by molar-refractivity contribution is 6.12. The summed E-state index contributed by atoms with van der Waals surface area (Å²) in [6.45, 7) is 0. The Morgan fingerprint density at radius 2 is 0.982 bits per heavy atom. The number of hydrogen-bond donors (Lipinski definition) is 0. The van der Waals surface area contributed by atoms with Gasteiger partial charge >= 0.3 is 0 Å². The smallest absolute Gasteiger partial charge is 0.227 e. The monoisotopic (exact) mass is 729 g/mol. The van der Waals surface area contributed by atoms with Gasteiger partial charge in [0.2, 0.25) is 5.89 Å². The van der Waals surface area contributed by atoms with Crippen LogP contribution in [0.1, 0.15) is 0 Å². The molecule has 0 spiro atoms. The molecule has 0 amide bonds. The Bertz CT molecular complexity index is 3220. The van der Waals surface area contributed by atoms with Crippen molar-refractivity contribution < 1.29 is 4.42 Å². The van der Waals surface area contributed by atoms with Crippen LogP contribution in [0, 0.1) is 0 Å². The van der Waals surface area contributed by atoms with Crippen LogP contribution in [-0.4, -0.2) is 9.55 Å². The average molecular weight is 730 g/mol. The van der Waals surface area contributed by atoms with Crippen molar-refractivity contribution in [2.75, 3.05) is 4.90 Å². The first-order valence-electron chi connectivity index (χ1n) is 19.3. The summed E-state index contributed by atoms with van der Waals surface area (Å²) >= 11 is 0. The van der Waals surface area contributed by atoms with Crippen LogP contribution in [0.15, 0.2) is 217 Å². The van der Waals surface area contributed by atoms with Gasteiger partial charge in [0.1, 0.15) is 5.52 Å². The SMILES string of the molecule is c1ccc(-c2cccc(N(c3ccc(-c4cc5nc(-c6ccccc6)oc5c5ccccc45)cc3)c3ccc4c5ccccc5n(-c5ccccc5)c4c3)c2)cc1. The van der Waals surface area contributed by atoms with Gasteiger partial charge in [0, 0.05) is 44.5 Å². The van der Waals surface area contributed by atoms with Crippen LogP contribution in [0.5, 0.6) is 0 Å². The van der Waals surface area contributed by atoms with Crippen molar-refractivity contribution in [1.29, 1.82) is 0 Å². The fraction of sp³-hybridized carbons (Fsp3) is 0. The Labute approximate surface area is 330 Å². The number of rotatable bonds is 7. The van der Waals surface area contributed by atoms with Gasteiger partial charge in [-0.3, -0.25) is 0 Å². The summed E-state index contributed by atoms with van der Waals surface area (Å²) in [5, 5.41) is 4.62. The zero-order valence-corrected chi connectivity index (χ0v) is 31.0. The summed E-state index contributed by atoms with van der Waals surface area (Å²) < 4.78 is 8.79. The lowest BCUT2D eigenvalue weighted by Crippen LogP contribution is -2.10. The van der Waals surface area contributed by atoms with Crippen LogP contribution in [0.2, 0.25) is 0 Å². The van der Waals surface area contributed by atoms with E-state index in [0.29, 0.717) is 5.89 Å². The van der Waals surface area contributed by atoms with Crippen molar-refractivity contribution >= 4 is 60.7 Å². The van der Waals surface area contributed by atoms with Gasteiger partial charge in [-0.05, 0) is 100 Å². The van der Waals surface area contributed by atoms with E-state index in [1.165, 1.54) is 21.9 Å². The zero-order chi connectivity index (χ0) is 37.7. The Kier molecular flexibility index (Phi) is 7.78. The second-order valence-electron chi connectivity index (χ2n) is 14.4. The lowest BCUT2D eigenvalue weighted by Gasteiger charge is -2.26. The lowest BCUT2D eigenvalue weighted by molar-refractivity contribution is 0.623. The summed E-state index contributed by atoms with van der Waals surface area (Å²) in [6.07, 6.45) is 0. The maximum Gasteiger partial charge on any atom is 0.227 e. The van der Waals surface area contributed by atoms with E-state index < -0.39 is 0 Å². The normalized spacial score (nSPS) is 11.5. The molecule has 2 heterocycles. The first-order valence-corrected chi connectivity index (χ1v) is 19.3. The van der Waals surface area contributed by atoms with Crippen LogP contribution in [-0.2, 0) is 0 Å². The van der Waals surface area contributed by atoms with E-state index >= 15 is 0 Å². The van der Waals surface area contributed by atoms with E-state index in [9.17, 15) is 0 Å². The van der Waals surface area contributed by atoms with Crippen molar-refractivity contribution in [3.05, 3.63) is 212 Å². The third kappa shape index (κ3) is 5.66. The number of benzene rings is 9. The predicted octanol–water partition coefficient (Wildman–Crippen LogP) is 14.5. The van der Waals surface area contributed by atoms with Crippen LogP contribution in [0.25, 0.3) is 83.1 Å². The Morgan fingerprint density at radius 1 is 0.386 bits per heavy atom. The van der Waals surface area contributed by atoms with Gasteiger partial charge in [-0.1, -0.05) is 140 Å². The second-order valence-corrected chi connectivity index (χ2v) is 14.4. The highest BCUT2D eigenvalue weighted by Crippen LogP contribution is 2.42. The van der Waals surface area contributed by atoms with E-state index in [1.54, 1.807) is 0 Å². The molecule has 0 saturated carbocycles. The third-order valence-electron chi connectivity index (χ3n) is 11.0. The topological polar surface area (TPSA) is 34.2 Å². The molecule has 0 fully saturated rings. The third-order valence-corrected chi connectivity index (χ3v) is 11.0. The second kappa shape index (κ2) is 13.6. The van der Waals surface area contributed by atoms with Crippen molar-refractivity contribution in [1.82, 2.24) is 9.55 Å². The van der Waals surface area contributed by atoms with Gasteiger partial charge in [0.25, 0.3) is 0 Å².